The second kappa shape index (κ2) is 10.7. The monoisotopic (exact) mass is 428 g/mol. The number of aliphatic carboxylic acids is 1. The predicted molar refractivity (Wildman–Crippen MR) is 126 cm³/mol. The van der Waals surface area contributed by atoms with Gasteiger partial charge in [0.1, 0.15) is 12.4 Å². The van der Waals surface area contributed by atoms with E-state index in [4.69, 9.17) is 14.6 Å². The average Bonchev–Trinajstić information content (AvgIpc) is 2.82. The van der Waals surface area contributed by atoms with Gasteiger partial charge in [0.15, 0.2) is 6.10 Å². The van der Waals surface area contributed by atoms with Crippen LogP contribution >= 0.6 is 0 Å². The normalized spacial score (nSPS) is 11.8. The molecular weight excluding hydrogens is 400 g/mol. The van der Waals surface area contributed by atoms with Crippen molar-refractivity contribution in [3.63, 3.8) is 0 Å². The number of ether oxygens (including phenoxy) is 2. The van der Waals surface area contributed by atoms with Crippen molar-refractivity contribution in [1.29, 1.82) is 0 Å². The molecule has 0 saturated heterocycles. The van der Waals surface area contributed by atoms with Gasteiger partial charge in [0, 0.05) is 24.5 Å². The lowest BCUT2D eigenvalue weighted by Crippen LogP contribution is -2.24. The minimum atomic E-state index is -0.967. The van der Waals surface area contributed by atoms with Gasteiger partial charge in [0.05, 0.1) is 0 Å². The zero-order chi connectivity index (χ0) is 23.0. The molecule has 3 rings (SSSR count). The van der Waals surface area contributed by atoms with Crippen LogP contribution in [0, 0.1) is 11.8 Å². The van der Waals surface area contributed by atoms with Crippen molar-refractivity contribution in [2.24, 2.45) is 0 Å². The third-order valence-electron chi connectivity index (χ3n) is 5.55. The van der Waals surface area contributed by atoms with Crippen LogP contribution in [0.1, 0.15) is 36.1 Å². The Morgan fingerprint density at radius 1 is 0.938 bits per heavy atom. The van der Waals surface area contributed by atoms with E-state index in [2.05, 4.69) is 62.1 Å². The summed E-state index contributed by atoms with van der Waals surface area (Å²) in [5.41, 5.74) is 4.15. The Morgan fingerprint density at radius 2 is 1.56 bits per heavy atom. The van der Waals surface area contributed by atoms with Crippen molar-refractivity contribution in [3.05, 3.63) is 101 Å². The number of hydrogen-bond donors (Lipinski definition) is 1. The van der Waals surface area contributed by atoms with E-state index >= 15 is 0 Å². The Labute approximate surface area is 189 Å². The first-order valence-electron chi connectivity index (χ1n) is 10.5. The molecule has 0 radical (unpaired) electrons. The molecule has 0 aliphatic carbocycles. The summed E-state index contributed by atoms with van der Waals surface area (Å²) in [6, 6.07) is 26.1. The quantitative estimate of drug-likeness (QED) is 0.508. The van der Waals surface area contributed by atoms with E-state index in [-0.39, 0.29) is 12.0 Å². The molecule has 164 valence electrons. The van der Waals surface area contributed by atoms with Crippen LogP contribution in [0.15, 0.2) is 78.9 Å². The maximum atomic E-state index is 11.1. The first-order chi connectivity index (χ1) is 15.4. The van der Waals surface area contributed by atoms with Crippen LogP contribution < -0.4 is 4.74 Å². The summed E-state index contributed by atoms with van der Waals surface area (Å²) in [5.74, 6) is 5.90. The van der Waals surface area contributed by atoms with E-state index in [9.17, 15) is 4.79 Å². The number of hydrogen-bond acceptors (Lipinski definition) is 3. The molecule has 0 amide bonds. The second-order valence-corrected chi connectivity index (χ2v) is 8.07. The highest BCUT2D eigenvalue weighted by Gasteiger charge is 2.22. The lowest BCUT2D eigenvalue weighted by atomic mass is 9.78. The smallest absolute Gasteiger partial charge is 0.333 e. The molecule has 4 heteroatoms. The Balaban J connectivity index is 1.55. The summed E-state index contributed by atoms with van der Waals surface area (Å²) < 4.78 is 10.7. The minimum absolute atomic E-state index is 0.0838. The Kier molecular flexibility index (Phi) is 7.70. The maximum Gasteiger partial charge on any atom is 0.333 e. The van der Waals surface area contributed by atoms with E-state index in [0.29, 0.717) is 6.42 Å². The number of methoxy groups -OCH3 is 1. The summed E-state index contributed by atoms with van der Waals surface area (Å²) in [5, 5.41) is 9.07. The van der Waals surface area contributed by atoms with Crippen LogP contribution in [-0.2, 0) is 21.4 Å². The molecule has 0 aliphatic heterocycles. The Bertz CT molecular complexity index is 1070. The van der Waals surface area contributed by atoms with E-state index in [1.54, 1.807) is 0 Å². The molecule has 0 bridgehead atoms. The molecule has 0 unspecified atom stereocenters. The molecule has 0 aromatic heterocycles. The molecule has 0 spiro atoms. The molecule has 0 saturated carbocycles. The molecule has 4 nitrogen and oxygen atoms in total. The van der Waals surface area contributed by atoms with E-state index in [1.807, 2.05) is 42.5 Å². The molecule has 32 heavy (non-hydrogen) atoms. The Morgan fingerprint density at radius 3 is 2.16 bits per heavy atom. The fourth-order valence-electron chi connectivity index (χ4n) is 3.46. The van der Waals surface area contributed by atoms with E-state index in [1.165, 1.54) is 18.2 Å². The Hall–Kier alpha value is -3.55. The number of carboxylic acids is 1. The molecule has 0 aliphatic rings. The van der Waals surface area contributed by atoms with Gasteiger partial charge >= 0.3 is 5.97 Å². The summed E-state index contributed by atoms with van der Waals surface area (Å²) >= 11 is 0. The van der Waals surface area contributed by atoms with Crippen molar-refractivity contribution < 1.29 is 19.4 Å². The van der Waals surface area contributed by atoms with Crippen molar-refractivity contribution >= 4 is 5.97 Å². The van der Waals surface area contributed by atoms with Gasteiger partial charge < -0.3 is 14.6 Å². The molecule has 0 heterocycles. The minimum Gasteiger partial charge on any atom is -0.481 e. The van der Waals surface area contributed by atoms with Gasteiger partial charge in [-0.3, -0.25) is 0 Å². The average molecular weight is 429 g/mol. The van der Waals surface area contributed by atoms with Crippen molar-refractivity contribution in [2.75, 3.05) is 13.7 Å². The van der Waals surface area contributed by atoms with Crippen LogP contribution in [0.4, 0.5) is 0 Å². The van der Waals surface area contributed by atoms with Crippen LogP contribution in [-0.4, -0.2) is 30.9 Å². The zero-order valence-electron chi connectivity index (χ0n) is 18.7. The highest BCUT2D eigenvalue weighted by Crippen LogP contribution is 2.32. The third-order valence-corrected chi connectivity index (χ3v) is 5.55. The molecule has 0 fully saturated rings. The third kappa shape index (κ3) is 6.00. The van der Waals surface area contributed by atoms with Gasteiger partial charge in [0.2, 0.25) is 0 Å². The van der Waals surface area contributed by atoms with Crippen LogP contribution in [0.25, 0.3) is 0 Å². The predicted octanol–water partition coefficient (Wildman–Crippen LogP) is 5.09. The van der Waals surface area contributed by atoms with Gasteiger partial charge in [-0.2, -0.15) is 0 Å². The van der Waals surface area contributed by atoms with Crippen molar-refractivity contribution in [1.82, 2.24) is 0 Å². The van der Waals surface area contributed by atoms with Crippen LogP contribution in [0.5, 0.6) is 5.75 Å². The lowest BCUT2D eigenvalue weighted by Gasteiger charge is -2.26. The van der Waals surface area contributed by atoms with E-state index in [0.717, 1.165) is 16.9 Å². The van der Waals surface area contributed by atoms with Gasteiger partial charge in [-0.25, -0.2) is 4.79 Å². The van der Waals surface area contributed by atoms with E-state index < -0.39 is 12.1 Å². The standard InChI is InChI=1S/C28H28O4/c1-28(2,23-9-5-4-6-10-23)24-15-17-25(18-16-24)32-19-7-8-21-11-13-22(14-12-21)20-26(31-3)27(29)30/h4-6,9-18,26H,19-20H2,1-3H3,(H,29,30)/t26-/m0/s1. The number of rotatable bonds is 8. The summed E-state index contributed by atoms with van der Waals surface area (Å²) in [6.45, 7) is 4.71. The van der Waals surface area contributed by atoms with Gasteiger partial charge in [-0.1, -0.05) is 80.3 Å². The van der Waals surface area contributed by atoms with Gasteiger partial charge in [-0.15, -0.1) is 0 Å². The second-order valence-electron chi connectivity index (χ2n) is 8.07. The van der Waals surface area contributed by atoms with Crippen molar-refractivity contribution in [3.8, 4) is 17.6 Å². The molecular formula is C28H28O4. The van der Waals surface area contributed by atoms with Gasteiger partial charge in [-0.05, 0) is 41.0 Å². The molecule has 1 atom stereocenters. The highest BCUT2D eigenvalue weighted by molar-refractivity contribution is 5.72. The fraction of sp³-hybridized carbons (Fsp3) is 0.250. The first kappa shape index (κ1) is 23.1. The summed E-state index contributed by atoms with van der Waals surface area (Å²) in [4.78, 5) is 11.1. The molecule has 3 aromatic rings. The van der Waals surface area contributed by atoms with Crippen LogP contribution in [0.2, 0.25) is 0 Å². The van der Waals surface area contributed by atoms with Crippen molar-refractivity contribution in [2.45, 2.75) is 31.8 Å². The number of benzene rings is 3. The van der Waals surface area contributed by atoms with Gasteiger partial charge in [0.25, 0.3) is 0 Å². The zero-order valence-corrected chi connectivity index (χ0v) is 18.7. The summed E-state index contributed by atoms with van der Waals surface area (Å²) in [7, 11) is 1.40. The maximum absolute atomic E-state index is 11.1. The largest absolute Gasteiger partial charge is 0.481 e. The first-order valence-corrected chi connectivity index (χ1v) is 10.5. The number of carboxylic acid groups (broad SMARTS) is 1. The molecule has 1 N–H and O–H groups in total. The fourth-order valence-corrected chi connectivity index (χ4v) is 3.46. The number of carbonyl (C=O) groups is 1. The van der Waals surface area contributed by atoms with Crippen LogP contribution in [0.3, 0.4) is 0 Å². The molecule has 3 aromatic carbocycles. The summed E-state index contributed by atoms with van der Waals surface area (Å²) in [6.07, 6.45) is -0.523. The lowest BCUT2D eigenvalue weighted by molar-refractivity contribution is -0.148. The highest BCUT2D eigenvalue weighted by atomic mass is 16.5. The topological polar surface area (TPSA) is 55.8 Å². The SMILES string of the molecule is CO[C@@H](Cc1ccc(C#CCOc2ccc(C(C)(C)c3ccccc3)cc2)cc1)C(=O)O.